The van der Waals surface area contributed by atoms with Gasteiger partial charge in [0.05, 0.1) is 12.8 Å². The molecule has 0 saturated carbocycles. The number of para-hydroxylation sites is 2. The molecule has 0 fully saturated rings. The number of nitrogens with one attached hydrogen (secondary N) is 1. The first-order chi connectivity index (χ1) is 11.8. The maximum atomic E-state index is 12.4. The van der Waals surface area contributed by atoms with Gasteiger partial charge < -0.3 is 19.7 Å². The summed E-state index contributed by atoms with van der Waals surface area (Å²) in [4.78, 5) is 38.1. The highest BCUT2D eigenvalue weighted by molar-refractivity contribution is 6.00. The average molecular weight is 348 g/mol. The van der Waals surface area contributed by atoms with Gasteiger partial charge in [-0.1, -0.05) is 19.1 Å². The van der Waals surface area contributed by atoms with Crippen molar-refractivity contribution in [3.05, 3.63) is 24.3 Å². The molecular formula is C18H24N2O5. The smallest absolute Gasteiger partial charge is 0.331 e. The van der Waals surface area contributed by atoms with Crippen LogP contribution in [0.15, 0.2) is 24.3 Å². The Balaban J connectivity index is 2.06. The number of ether oxygens (including phenoxy) is 2. The lowest BCUT2D eigenvalue weighted by Gasteiger charge is -2.33. The van der Waals surface area contributed by atoms with Crippen LogP contribution in [0, 0.1) is 0 Å². The molecule has 2 rings (SSSR count). The molecule has 7 heteroatoms. The fraction of sp³-hybridized carbons (Fsp3) is 0.500. The number of benzene rings is 1. The molecule has 1 aromatic rings. The Bertz CT molecular complexity index is 675. The lowest BCUT2D eigenvalue weighted by molar-refractivity contribution is -0.150. The number of nitrogens with zero attached hydrogens (tertiary/aromatic N) is 1. The third kappa shape index (κ3) is 3.92. The molecule has 1 aliphatic heterocycles. The zero-order valence-electron chi connectivity index (χ0n) is 15.0. The van der Waals surface area contributed by atoms with Gasteiger partial charge in [0.25, 0.3) is 5.91 Å². The minimum atomic E-state index is -1.08. The SMILES string of the molecule is CC[C@](C)(NC(=O)CCN1C(=O)[C@@H](C)Oc2ccccc21)C(=O)OC. The fourth-order valence-electron chi connectivity index (χ4n) is 2.68. The van der Waals surface area contributed by atoms with Crippen molar-refractivity contribution in [3.63, 3.8) is 0 Å². The van der Waals surface area contributed by atoms with E-state index in [0.717, 1.165) is 0 Å². The van der Waals surface area contributed by atoms with Crippen LogP contribution in [-0.4, -0.2) is 43.1 Å². The molecular weight excluding hydrogens is 324 g/mol. The lowest BCUT2D eigenvalue weighted by Crippen LogP contribution is -2.53. The van der Waals surface area contributed by atoms with Crippen LogP contribution in [0.2, 0.25) is 0 Å². The minimum Gasteiger partial charge on any atom is -0.479 e. The van der Waals surface area contributed by atoms with Crippen molar-refractivity contribution in [3.8, 4) is 5.75 Å². The third-order valence-electron chi connectivity index (χ3n) is 4.39. The molecule has 0 aliphatic carbocycles. The van der Waals surface area contributed by atoms with E-state index in [9.17, 15) is 14.4 Å². The van der Waals surface area contributed by atoms with Crippen molar-refractivity contribution in [2.75, 3.05) is 18.6 Å². The molecule has 0 aromatic heterocycles. The first-order valence-electron chi connectivity index (χ1n) is 8.29. The van der Waals surface area contributed by atoms with Crippen molar-refractivity contribution >= 4 is 23.5 Å². The Morgan fingerprint density at radius 1 is 1.36 bits per heavy atom. The summed E-state index contributed by atoms with van der Waals surface area (Å²) in [5.74, 6) is -0.398. The van der Waals surface area contributed by atoms with Crippen LogP contribution in [0.5, 0.6) is 5.75 Å². The molecule has 0 saturated heterocycles. The lowest BCUT2D eigenvalue weighted by atomic mass is 9.99. The fourth-order valence-corrected chi connectivity index (χ4v) is 2.68. The molecule has 1 N–H and O–H groups in total. The Kier molecular flexibility index (Phi) is 5.66. The first kappa shape index (κ1) is 18.8. The van der Waals surface area contributed by atoms with E-state index < -0.39 is 17.6 Å². The van der Waals surface area contributed by atoms with Crippen molar-refractivity contribution in [2.24, 2.45) is 0 Å². The van der Waals surface area contributed by atoms with Crippen LogP contribution < -0.4 is 15.0 Å². The molecule has 0 spiro atoms. The quantitative estimate of drug-likeness (QED) is 0.790. The van der Waals surface area contributed by atoms with Crippen LogP contribution in [0.25, 0.3) is 0 Å². The van der Waals surface area contributed by atoms with Gasteiger partial charge in [-0.25, -0.2) is 4.79 Å². The van der Waals surface area contributed by atoms with Crippen LogP contribution >= 0.6 is 0 Å². The summed E-state index contributed by atoms with van der Waals surface area (Å²) >= 11 is 0. The van der Waals surface area contributed by atoms with Crippen molar-refractivity contribution < 1.29 is 23.9 Å². The van der Waals surface area contributed by atoms with Crippen LogP contribution in [0.1, 0.15) is 33.6 Å². The van der Waals surface area contributed by atoms with Crippen LogP contribution in [0.4, 0.5) is 5.69 Å². The second-order valence-corrected chi connectivity index (χ2v) is 6.19. The maximum Gasteiger partial charge on any atom is 0.331 e. The number of rotatable bonds is 6. The minimum absolute atomic E-state index is 0.0688. The normalized spacial score (nSPS) is 18.6. The van der Waals surface area contributed by atoms with E-state index in [0.29, 0.717) is 17.9 Å². The zero-order chi connectivity index (χ0) is 18.6. The topological polar surface area (TPSA) is 84.9 Å². The summed E-state index contributed by atoms with van der Waals surface area (Å²) in [6, 6.07) is 7.21. The Hall–Kier alpha value is -2.57. The second-order valence-electron chi connectivity index (χ2n) is 6.19. The van der Waals surface area contributed by atoms with E-state index in [1.54, 1.807) is 37.8 Å². The van der Waals surface area contributed by atoms with Gasteiger partial charge >= 0.3 is 5.97 Å². The Morgan fingerprint density at radius 3 is 2.68 bits per heavy atom. The van der Waals surface area contributed by atoms with Crippen molar-refractivity contribution in [1.82, 2.24) is 5.32 Å². The number of amides is 2. The molecule has 2 atom stereocenters. The van der Waals surface area contributed by atoms with E-state index in [-0.39, 0.29) is 24.8 Å². The predicted molar refractivity (Wildman–Crippen MR) is 92.4 cm³/mol. The van der Waals surface area contributed by atoms with Crippen LogP contribution in [0.3, 0.4) is 0 Å². The van der Waals surface area contributed by atoms with Gasteiger partial charge in [-0.05, 0) is 32.4 Å². The van der Waals surface area contributed by atoms with E-state index >= 15 is 0 Å². The summed E-state index contributed by atoms with van der Waals surface area (Å²) in [6.07, 6.45) is -0.129. The number of hydrogen-bond acceptors (Lipinski definition) is 5. The van der Waals surface area contributed by atoms with Crippen LogP contribution in [-0.2, 0) is 19.1 Å². The molecule has 1 heterocycles. The van der Waals surface area contributed by atoms with Gasteiger partial charge in [-0.3, -0.25) is 9.59 Å². The molecule has 0 bridgehead atoms. The zero-order valence-corrected chi connectivity index (χ0v) is 15.0. The number of carbonyl (C=O) groups is 3. The van der Waals surface area contributed by atoms with E-state index in [4.69, 9.17) is 9.47 Å². The maximum absolute atomic E-state index is 12.4. The number of anilines is 1. The van der Waals surface area contributed by atoms with Gasteiger partial charge in [0.1, 0.15) is 11.3 Å². The molecule has 1 aliphatic rings. The molecule has 0 unspecified atom stereocenters. The number of fused-ring (bicyclic) bond motifs is 1. The molecule has 7 nitrogen and oxygen atoms in total. The number of esters is 1. The van der Waals surface area contributed by atoms with E-state index in [1.165, 1.54) is 7.11 Å². The van der Waals surface area contributed by atoms with E-state index in [1.807, 2.05) is 12.1 Å². The number of carbonyl (C=O) groups excluding carboxylic acids is 3. The van der Waals surface area contributed by atoms with E-state index in [2.05, 4.69) is 5.32 Å². The van der Waals surface area contributed by atoms with Gasteiger partial charge in [0, 0.05) is 13.0 Å². The second kappa shape index (κ2) is 7.55. The summed E-state index contributed by atoms with van der Waals surface area (Å²) in [5.41, 5.74) is -0.434. The number of methoxy groups -OCH3 is 1. The summed E-state index contributed by atoms with van der Waals surface area (Å²) in [6.45, 7) is 5.29. The highest BCUT2D eigenvalue weighted by Crippen LogP contribution is 2.33. The summed E-state index contributed by atoms with van der Waals surface area (Å²) in [5, 5.41) is 2.70. The van der Waals surface area contributed by atoms with Gasteiger partial charge in [0.2, 0.25) is 5.91 Å². The Morgan fingerprint density at radius 2 is 2.04 bits per heavy atom. The molecule has 2 amide bonds. The van der Waals surface area contributed by atoms with Crippen molar-refractivity contribution in [2.45, 2.75) is 45.3 Å². The van der Waals surface area contributed by atoms with Gasteiger partial charge in [-0.2, -0.15) is 0 Å². The first-order valence-corrected chi connectivity index (χ1v) is 8.29. The summed E-state index contributed by atoms with van der Waals surface area (Å²) < 4.78 is 10.3. The molecule has 1 aromatic carbocycles. The summed E-state index contributed by atoms with van der Waals surface area (Å²) in [7, 11) is 1.28. The third-order valence-corrected chi connectivity index (χ3v) is 4.39. The van der Waals surface area contributed by atoms with Gasteiger partial charge in [0.15, 0.2) is 6.10 Å². The highest BCUT2D eigenvalue weighted by atomic mass is 16.5. The molecule has 136 valence electrons. The highest BCUT2D eigenvalue weighted by Gasteiger charge is 2.35. The predicted octanol–water partition coefficient (Wildman–Crippen LogP) is 1.65. The number of hydrogen-bond donors (Lipinski definition) is 1. The van der Waals surface area contributed by atoms with Gasteiger partial charge in [-0.15, -0.1) is 0 Å². The standard InChI is InChI=1S/C18H24N2O5/c1-5-18(3,17(23)24-4)19-15(21)10-11-20-13-8-6-7-9-14(13)25-12(2)16(20)22/h6-9,12H,5,10-11H2,1-4H3,(H,19,21)/t12-,18+/m1/s1. The average Bonchev–Trinajstić information content (AvgIpc) is 2.61. The van der Waals surface area contributed by atoms with Crippen molar-refractivity contribution in [1.29, 1.82) is 0 Å². The Labute approximate surface area is 147 Å². The molecule has 25 heavy (non-hydrogen) atoms. The molecule has 0 radical (unpaired) electrons. The monoisotopic (exact) mass is 348 g/mol. The largest absolute Gasteiger partial charge is 0.479 e.